The van der Waals surface area contributed by atoms with Gasteiger partial charge in [-0.1, -0.05) is 55.8 Å². The largest absolute Gasteiger partial charge is 0.478 e. The molecule has 0 aliphatic rings. The van der Waals surface area contributed by atoms with Crippen molar-refractivity contribution in [2.45, 2.75) is 32.7 Å². The third-order valence-corrected chi connectivity index (χ3v) is 5.03. The van der Waals surface area contributed by atoms with Crippen LogP contribution in [-0.2, 0) is 13.0 Å². The summed E-state index contributed by atoms with van der Waals surface area (Å²) in [5, 5.41) is 17.5. The minimum Gasteiger partial charge on any atom is -0.478 e. The van der Waals surface area contributed by atoms with Crippen LogP contribution in [0.15, 0.2) is 60.8 Å². The van der Waals surface area contributed by atoms with E-state index in [1.807, 2.05) is 42.5 Å². The molecule has 0 fully saturated rings. The highest BCUT2D eigenvalue weighted by molar-refractivity contribution is 5.96. The molecule has 0 amide bonds. The van der Waals surface area contributed by atoms with E-state index < -0.39 is 5.97 Å². The zero-order chi connectivity index (χ0) is 20.2. The number of fused-ring (bicyclic) bond motifs is 1. The Balaban J connectivity index is 1.66. The fourth-order valence-electron chi connectivity index (χ4n) is 3.53. The number of imidazole rings is 1. The molecule has 0 spiro atoms. The van der Waals surface area contributed by atoms with Crippen molar-refractivity contribution < 1.29 is 9.90 Å². The van der Waals surface area contributed by atoms with E-state index in [1.165, 1.54) is 0 Å². The molecule has 0 saturated carbocycles. The van der Waals surface area contributed by atoms with Gasteiger partial charge in [0.05, 0.1) is 17.3 Å². The molecule has 4 aromatic rings. The Morgan fingerprint density at radius 1 is 1.07 bits per heavy atom. The second-order valence-corrected chi connectivity index (χ2v) is 7.01. The predicted octanol–water partition coefficient (Wildman–Crippen LogP) is 4.58. The lowest BCUT2D eigenvalue weighted by atomic mass is 9.99. The summed E-state index contributed by atoms with van der Waals surface area (Å²) in [6.45, 7) is 2.85. The van der Waals surface area contributed by atoms with Gasteiger partial charge in [0.2, 0.25) is 0 Å². The van der Waals surface area contributed by atoms with Gasteiger partial charge in [-0.15, -0.1) is 5.10 Å². The molecular formula is C23H22N4O2. The maximum Gasteiger partial charge on any atom is 0.336 e. The summed E-state index contributed by atoms with van der Waals surface area (Å²) >= 11 is 0. The van der Waals surface area contributed by atoms with Gasteiger partial charge in [0.25, 0.3) is 0 Å². The highest BCUT2D eigenvalue weighted by Crippen LogP contribution is 2.25. The van der Waals surface area contributed by atoms with Crippen molar-refractivity contribution in [2.75, 3.05) is 0 Å². The third kappa shape index (κ3) is 3.87. The van der Waals surface area contributed by atoms with Crippen LogP contribution in [-0.4, -0.2) is 30.8 Å². The van der Waals surface area contributed by atoms with Gasteiger partial charge in [-0.2, -0.15) is 5.10 Å². The van der Waals surface area contributed by atoms with Crippen LogP contribution in [0.1, 0.15) is 41.5 Å². The molecule has 0 unspecified atom stereocenters. The summed E-state index contributed by atoms with van der Waals surface area (Å²) in [4.78, 5) is 16.2. The molecule has 29 heavy (non-hydrogen) atoms. The number of nitrogens with zero attached hydrogens (tertiary/aromatic N) is 4. The Kier molecular flexibility index (Phi) is 5.33. The van der Waals surface area contributed by atoms with Crippen molar-refractivity contribution in [3.8, 4) is 11.1 Å². The molecular weight excluding hydrogens is 364 g/mol. The molecule has 6 heteroatoms. The van der Waals surface area contributed by atoms with Crippen molar-refractivity contribution in [3.63, 3.8) is 0 Å². The minimum atomic E-state index is -0.920. The van der Waals surface area contributed by atoms with E-state index in [0.717, 1.165) is 47.3 Å². The van der Waals surface area contributed by atoms with Crippen LogP contribution in [0, 0.1) is 0 Å². The number of benzene rings is 2. The van der Waals surface area contributed by atoms with Gasteiger partial charge in [-0.05, 0) is 35.2 Å². The van der Waals surface area contributed by atoms with Gasteiger partial charge in [-0.3, -0.25) is 0 Å². The van der Waals surface area contributed by atoms with E-state index in [-0.39, 0.29) is 0 Å². The second kappa shape index (κ2) is 8.22. The van der Waals surface area contributed by atoms with Crippen LogP contribution in [0.25, 0.3) is 22.3 Å². The summed E-state index contributed by atoms with van der Waals surface area (Å²) in [6, 6.07) is 17.0. The first-order chi connectivity index (χ1) is 14.2. The van der Waals surface area contributed by atoms with Gasteiger partial charge < -0.3 is 9.67 Å². The van der Waals surface area contributed by atoms with Gasteiger partial charge in [0, 0.05) is 13.0 Å². The number of rotatable bonds is 7. The predicted molar refractivity (Wildman–Crippen MR) is 112 cm³/mol. The maximum atomic E-state index is 11.5. The van der Waals surface area contributed by atoms with Crippen molar-refractivity contribution in [3.05, 3.63) is 77.7 Å². The number of hydrogen-bond acceptors (Lipinski definition) is 4. The first-order valence-corrected chi connectivity index (χ1v) is 9.76. The molecule has 2 aromatic carbocycles. The zero-order valence-corrected chi connectivity index (χ0v) is 16.2. The van der Waals surface area contributed by atoms with Crippen molar-refractivity contribution >= 4 is 17.1 Å². The topological polar surface area (TPSA) is 80.9 Å². The molecule has 0 aliphatic carbocycles. The van der Waals surface area contributed by atoms with Crippen molar-refractivity contribution in [1.29, 1.82) is 0 Å². The lowest BCUT2D eigenvalue weighted by Gasteiger charge is -2.11. The van der Waals surface area contributed by atoms with Gasteiger partial charge in [0.1, 0.15) is 5.82 Å². The number of aromatic carboxylic acids is 1. The normalized spacial score (nSPS) is 11.1. The average molecular weight is 386 g/mol. The van der Waals surface area contributed by atoms with E-state index in [0.29, 0.717) is 17.8 Å². The van der Waals surface area contributed by atoms with E-state index in [4.69, 9.17) is 0 Å². The molecule has 6 nitrogen and oxygen atoms in total. The number of aryl methyl sites for hydroxylation is 1. The third-order valence-electron chi connectivity index (χ3n) is 5.03. The fraction of sp³-hybridized carbons (Fsp3) is 0.217. The van der Waals surface area contributed by atoms with E-state index >= 15 is 0 Å². The number of unbranched alkanes of at least 4 members (excludes halogenated alkanes) is 1. The summed E-state index contributed by atoms with van der Waals surface area (Å²) in [6.07, 6.45) is 4.77. The lowest BCUT2D eigenvalue weighted by molar-refractivity contribution is 0.0697. The van der Waals surface area contributed by atoms with Crippen LogP contribution >= 0.6 is 0 Å². The highest BCUT2D eigenvalue weighted by atomic mass is 16.4. The number of hydrogen-bond donors (Lipinski definition) is 1. The molecule has 0 aliphatic heterocycles. The summed E-state index contributed by atoms with van der Waals surface area (Å²) in [5.41, 5.74) is 4.69. The number of carboxylic acids is 1. The van der Waals surface area contributed by atoms with Crippen LogP contribution in [0.2, 0.25) is 0 Å². The smallest absolute Gasteiger partial charge is 0.336 e. The minimum absolute atomic E-state index is 0.307. The lowest BCUT2D eigenvalue weighted by Crippen LogP contribution is -2.05. The van der Waals surface area contributed by atoms with E-state index in [9.17, 15) is 9.90 Å². The van der Waals surface area contributed by atoms with Gasteiger partial charge in [0.15, 0.2) is 5.65 Å². The number of carboxylic acid groups (broad SMARTS) is 1. The van der Waals surface area contributed by atoms with Crippen LogP contribution in [0.3, 0.4) is 0 Å². The summed E-state index contributed by atoms with van der Waals surface area (Å²) in [7, 11) is 0. The molecule has 146 valence electrons. The van der Waals surface area contributed by atoms with Crippen LogP contribution < -0.4 is 0 Å². The molecule has 2 aromatic heterocycles. The quantitative estimate of drug-likeness (QED) is 0.503. The standard InChI is InChI=1S/C23H22N4O2/c1-2-3-8-21-25-22-20(13-14-24-26-22)27(21)15-16-9-11-17(12-10-16)18-6-4-5-7-19(18)23(28)29/h4-7,9-14H,2-3,8,15H2,1H3,(H,28,29). The highest BCUT2D eigenvalue weighted by Gasteiger charge is 2.13. The van der Waals surface area contributed by atoms with E-state index in [2.05, 4.69) is 26.7 Å². The Bertz CT molecular complexity index is 1150. The Morgan fingerprint density at radius 3 is 2.62 bits per heavy atom. The Hall–Kier alpha value is -3.54. The molecule has 4 rings (SSSR count). The first kappa shape index (κ1) is 18.8. The first-order valence-electron chi connectivity index (χ1n) is 9.76. The monoisotopic (exact) mass is 386 g/mol. The van der Waals surface area contributed by atoms with E-state index in [1.54, 1.807) is 18.3 Å². The second-order valence-electron chi connectivity index (χ2n) is 7.01. The Labute approximate surface area is 168 Å². The summed E-state index contributed by atoms with van der Waals surface area (Å²) < 4.78 is 2.19. The average Bonchev–Trinajstić information content (AvgIpc) is 3.10. The molecule has 0 saturated heterocycles. The number of aromatic nitrogens is 4. The molecule has 2 heterocycles. The molecule has 0 bridgehead atoms. The molecule has 0 radical (unpaired) electrons. The molecule has 1 N–H and O–H groups in total. The Morgan fingerprint density at radius 2 is 1.86 bits per heavy atom. The summed E-state index contributed by atoms with van der Waals surface area (Å²) in [5.74, 6) is 0.0962. The van der Waals surface area contributed by atoms with Gasteiger partial charge in [-0.25, -0.2) is 9.78 Å². The maximum absolute atomic E-state index is 11.5. The zero-order valence-electron chi connectivity index (χ0n) is 16.2. The van der Waals surface area contributed by atoms with Gasteiger partial charge >= 0.3 is 5.97 Å². The number of carbonyl (C=O) groups is 1. The van der Waals surface area contributed by atoms with Crippen molar-refractivity contribution in [1.82, 2.24) is 19.7 Å². The fourth-order valence-corrected chi connectivity index (χ4v) is 3.53. The SMILES string of the molecule is CCCCc1nc2nnccc2n1Cc1ccc(-c2ccccc2C(=O)O)cc1. The van der Waals surface area contributed by atoms with Crippen LogP contribution in [0.5, 0.6) is 0 Å². The van der Waals surface area contributed by atoms with Crippen LogP contribution in [0.4, 0.5) is 0 Å². The molecule has 0 atom stereocenters. The van der Waals surface area contributed by atoms with Crippen molar-refractivity contribution in [2.24, 2.45) is 0 Å².